The Labute approximate surface area is 276 Å². The van der Waals surface area contributed by atoms with Crippen LogP contribution in [-0.4, -0.2) is 71.8 Å². The summed E-state index contributed by atoms with van der Waals surface area (Å²) in [6.45, 7) is 8.42. The number of rotatable bonds is 15. The van der Waals surface area contributed by atoms with Crippen LogP contribution in [0.2, 0.25) is 0 Å². The van der Waals surface area contributed by atoms with E-state index in [9.17, 15) is 23.9 Å². The number of ether oxygens (including phenoxy) is 1. The molecule has 1 heterocycles. The summed E-state index contributed by atoms with van der Waals surface area (Å²) in [4.78, 5) is 41.3. The standard InChI is InChI=1S/C37H47FN4O5/c1-24(2)34(42-19-9-18-39-37(42)46)36(45)40-30(20-27-12-6-5-7-13-27)22-32(43)31(21-28-14-16-29(38)17-15-28)41-33(44)23-47-35-25(3)10-8-11-26(35)4/h5-8,10-17,24,30-32,34,43H,9,18-23H2,1-4H3,(H,39,46)(H,40,45)(H,41,44). The summed E-state index contributed by atoms with van der Waals surface area (Å²) in [7, 11) is 0. The van der Waals surface area contributed by atoms with Crippen molar-refractivity contribution in [3.05, 3.63) is 101 Å². The molecule has 10 heteroatoms. The summed E-state index contributed by atoms with van der Waals surface area (Å²) in [6.07, 6.45) is 0.418. The van der Waals surface area contributed by atoms with Crippen LogP contribution in [0.5, 0.6) is 5.75 Å². The van der Waals surface area contributed by atoms with E-state index in [0.29, 0.717) is 25.3 Å². The van der Waals surface area contributed by atoms with Crippen LogP contribution in [0.1, 0.15) is 48.9 Å². The van der Waals surface area contributed by atoms with Gasteiger partial charge in [-0.3, -0.25) is 9.59 Å². The van der Waals surface area contributed by atoms with Crippen molar-refractivity contribution in [1.82, 2.24) is 20.9 Å². The summed E-state index contributed by atoms with van der Waals surface area (Å²) in [6, 6.07) is 19.0. The van der Waals surface area contributed by atoms with Crippen molar-refractivity contribution in [3.63, 3.8) is 0 Å². The first kappa shape index (κ1) is 35.4. The van der Waals surface area contributed by atoms with Gasteiger partial charge in [-0.15, -0.1) is 0 Å². The lowest BCUT2D eigenvalue weighted by Crippen LogP contribution is -2.59. The minimum absolute atomic E-state index is 0.113. The monoisotopic (exact) mass is 646 g/mol. The second-order valence-corrected chi connectivity index (χ2v) is 12.7. The number of aliphatic hydroxyl groups is 1. The average Bonchev–Trinajstić information content (AvgIpc) is 3.03. The van der Waals surface area contributed by atoms with Crippen LogP contribution in [0.3, 0.4) is 0 Å². The van der Waals surface area contributed by atoms with Crippen molar-refractivity contribution in [2.24, 2.45) is 5.92 Å². The minimum Gasteiger partial charge on any atom is -0.483 e. The molecule has 4 rings (SSSR count). The van der Waals surface area contributed by atoms with Gasteiger partial charge >= 0.3 is 6.03 Å². The van der Waals surface area contributed by atoms with Crippen molar-refractivity contribution in [3.8, 4) is 5.75 Å². The third-order valence-corrected chi connectivity index (χ3v) is 8.48. The number of amides is 4. The van der Waals surface area contributed by atoms with Crippen LogP contribution in [0, 0.1) is 25.6 Å². The number of carbonyl (C=O) groups excluding carboxylic acids is 3. The summed E-state index contributed by atoms with van der Waals surface area (Å²) in [5.74, 6) is -0.621. The normalized spacial score (nSPS) is 15.7. The van der Waals surface area contributed by atoms with Crippen LogP contribution in [-0.2, 0) is 22.4 Å². The fraction of sp³-hybridized carbons (Fsp3) is 0.432. The van der Waals surface area contributed by atoms with Crippen LogP contribution in [0.15, 0.2) is 72.8 Å². The van der Waals surface area contributed by atoms with Gasteiger partial charge in [0.15, 0.2) is 6.61 Å². The number of halogens is 1. The van der Waals surface area contributed by atoms with E-state index >= 15 is 0 Å². The zero-order valence-corrected chi connectivity index (χ0v) is 27.7. The lowest BCUT2D eigenvalue weighted by Gasteiger charge is -2.37. The molecule has 4 unspecified atom stereocenters. The van der Waals surface area contributed by atoms with E-state index in [4.69, 9.17) is 4.74 Å². The molecule has 1 aliphatic rings. The number of aliphatic hydroxyl groups excluding tert-OH is 1. The zero-order chi connectivity index (χ0) is 33.9. The van der Waals surface area contributed by atoms with Gasteiger partial charge in [0.1, 0.15) is 17.6 Å². The van der Waals surface area contributed by atoms with E-state index in [2.05, 4.69) is 16.0 Å². The molecule has 3 aromatic rings. The highest BCUT2D eigenvalue weighted by Gasteiger charge is 2.35. The maximum Gasteiger partial charge on any atom is 0.318 e. The van der Waals surface area contributed by atoms with E-state index < -0.39 is 30.1 Å². The molecule has 1 fully saturated rings. The highest BCUT2D eigenvalue weighted by molar-refractivity contribution is 5.87. The molecule has 1 aliphatic heterocycles. The molecule has 252 valence electrons. The molecule has 4 atom stereocenters. The first-order valence-corrected chi connectivity index (χ1v) is 16.3. The Morgan fingerprint density at radius 3 is 2.23 bits per heavy atom. The van der Waals surface area contributed by atoms with Crippen LogP contribution >= 0.6 is 0 Å². The molecule has 0 aromatic heterocycles. The van der Waals surface area contributed by atoms with Gasteiger partial charge in [0.05, 0.1) is 12.1 Å². The van der Waals surface area contributed by atoms with E-state index in [-0.39, 0.29) is 43.1 Å². The van der Waals surface area contributed by atoms with Gasteiger partial charge in [-0.2, -0.15) is 0 Å². The number of nitrogens with zero attached hydrogens (tertiary/aromatic N) is 1. The third-order valence-electron chi connectivity index (χ3n) is 8.48. The van der Waals surface area contributed by atoms with E-state index in [0.717, 1.165) is 28.7 Å². The largest absolute Gasteiger partial charge is 0.483 e. The van der Waals surface area contributed by atoms with E-state index in [1.807, 2.05) is 76.2 Å². The number of hydrogen-bond donors (Lipinski definition) is 4. The number of urea groups is 1. The number of para-hydroxylation sites is 1. The smallest absolute Gasteiger partial charge is 0.318 e. The number of benzene rings is 3. The topological polar surface area (TPSA) is 120 Å². The minimum atomic E-state index is -1.09. The quantitative estimate of drug-likeness (QED) is 0.194. The molecule has 9 nitrogen and oxygen atoms in total. The molecule has 4 N–H and O–H groups in total. The predicted molar refractivity (Wildman–Crippen MR) is 179 cm³/mol. The van der Waals surface area contributed by atoms with E-state index in [1.165, 1.54) is 12.1 Å². The number of carbonyl (C=O) groups is 3. The van der Waals surface area contributed by atoms with Crippen molar-refractivity contribution in [2.75, 3.05) is 19.7 Å². The van der Waals surface area contributed by atoms with Crippen molar-refractivity contribution < 1.29 is 28.6 Å². The summed E-state index contributed by atoms with van der Waals surface area (Å²) in [5.41, 5.74) is 3.50. The Morgan fingerprint density at radius 1 is 0.936 bits per heavy atom. The molecular weight excluding hydrogens is 599 g/mol. The molecule has 4 amide bonds. The van der Waals surface area contributed by atoms with Crippen LogP contribution in [0.4, 0.5) is 9.18 Å². The summed E-state index contributed by atoms with van der Waals surface area (Å²) >= 11 is 0. The molecule has 0 bridgehead atoms. The Balaban J connectivity index is 1.54. The second-order valence-electron chi connectivity index (χ2n) is 12.7. The highest BCUT2D eigenvalue weighted by Crippen LogP contribution is 2.22. The SMILES string of the molecule is Cc1cccc(C)c1OCC(=O)NC(Cc1ccc(F)cc1)C(O)CC(Cc1ccccc1)NC(=O)C(C(C)C)N1CCCNC1=O. The third kappa shape index (κ3) is 10.3. The number of aryl methyl sites for hydroxylation is 2. The summed E-state index contributed by atoms with van der Waals surface area (Å²) in [5, 5.41) is 20.6. The number of hydrogen-bond acceptors (Lipinski definition) is 5. The van der Waals surface area contributed by atoms with Crippen molar-refractivity contribution in [2.45, 2.75) is 77.6 Å². The van der Waals surface area contributed by atoms with Crippen LogP contribution in [0.25, 0.3) is 0 Å². The van der Waals surface area contributed by atoms with Crippen LogP contribution < -0.4 is 20.7 Å². The van der Waals surface area contributed by atoms with Gasteiger partial charge in [-0.1, -0.05) is 74.5 Å². The van der Waals surface area contributed by atoms with Gasteiger partial charge in [-0.05, 0) is 79.8 Å². The fourth-order valence-electron chi connectivity index (χ4n) is 6.12. The molecule has 0 radical (unpaired) electrons. The predicted octanol–water partition coefficient (Wildman–Crippen LogP) is 4.47. The lowest BCUT2D eigenvalue weighted by atomic mass is 9.92. The van der Waals surface area contributed by atoms with Gasteiger partial charge in [-0.25, -0.2) is 9.18 Å². The molecular formula is C37H47FN4O5. The molecule has 0 spiro atoms. The lowest BCUT2D eigenvalue weighted by molar-refractivity contribution is -0.128. The first-order valence-electron chi connectivity index (χ1n) is 16.3. The summed E-state index contributed by atoms with van der Waals surface area (Å²) < 4.78 is 19.6. The average molecular weight is 647 g/mol. The first-order chi connectivity index (χ1) is 22.5. The molecule has 47 heavy (non-hydrogen) atoms. The maximum absolute atomic E-state index is 13.8. The zero-order valence-electron chi connectivity index (χ0n) is 27.7. The van der Waals surface area contributed by atoms with Crippen molar-refractivity contribution in [1.29, 1.82) is 0 Å². The Morgan fingerprint density at radius 2 is 1.60 bits per heavy atom. The van der Waals surface area contributed by atoms with Gasteiger partial charge in [0, 0.05) is 19.1 Å². The molecule has 1 saturated heterocycles. The van der Waals surface area contributed by atoms with Gasteiger partial charge < -0.3 is 30.7 Å². The van der Waals surface area contributed by atoms with E-state index in [1.54, 1.807) is 17.0 Å². The molecule has 0 saturated carbocycles. The highest BCUT2D eigenvalue weighted by atomic mass is 19.1. The Bertz CT molecular complexity index is 1460. The van der Waals surface area contributed by atoms with Gasteiger partial charge in [0.25, 0.3) is 5.91 Å². The maximum atomic E-state index is 13.8. The number of nitrogens with one attached hydrogen (secondary N) is 3. The Kier molecular flexibility index (Phi) is 12.8. The molecule has 0 aliphatic carbocycles. The van der Waals surface area contributed by atoms with Gasteiger partial charge in [0.2, 0.25) is 5.91 Å². The fourth-order valence-corrected chi connectivity index (χ4v) is 6.12. The Hall–Kier alpha value is -4.44. The van der Waals surface area contributed by atoms with Crippen molar-refractivity contribution >= 4 is 17.8 Å². The second kappa shape index (κ2) is 16.9. The molecule has 3 aromatic carbocycles.